The van der Waals surface area contributed by atoms with Crippen LogP contribution in [-0.2, 0) is 4.74 Å². The molecule has 2 fully saturated rings. The number of hydrogen-bond donors (Lipinski definition) is 2. The molecule has 0 bridgehead atoms. The maximum atomic E-state index is 11.8. The first-order valence-electron chi connectivity index (χ1n) is 8.48. The Morgan fingerprint density at radius 3 is 2.40 bits per heavy atom. The number of hydrogen-bond acceptors (Lipinski definition) is 6. The highest BCUT2D eigenvalue weighted by atomic mass is 32.1. The fourth-order valence-electron chi connectivity index (χ4n) is 3.60. The summed E-state index contributed by atoms with van der Waals surface area (Å²) < 4.78 is 11.3. The van der Waals surface area contributed by atoms with Gasteiger partial charge in [-0.25, -0.2) is 9.78 Å². The summed E-state index contributed by atoms with van der Waals surface area (Å²) in [5.41, 5.74) is 5.27. The number of aryl methyl sites for hydroxylation is 1. The number of primary amides is 1. The lowest BCUT2D eigenvalue weighted by molar-refractivity contribution is -0.134. The van der Waals surface area contributed by atoms with Gasteiger partial charge in [0.05, 0.1) is 5.01 Å². The van der Waals surface area contributed by atoms with Crippen molar-refractivity contribution in [3.8, 4) is 5.88 Å². The summed E-state index contributed by atoms with van der Waals surface area (Å²) in [5, 5.41) is 3.57. The molecule has 138 valence electrons. The van der Waals surface area contributed by atoms with Crippen molar-refractivity contribution in [3.63, 3.8) is 0 Å². The van der Waals surface area contributed by atoms with E-state index in [0.29, 0.717) is 10.8 Å². The van der Waals surface area contributed by atoms with E-state index >= 15 is 0 Å². The van der Waals surface area contributed by atoms with Crippen molar-refractivity contribution in [2.45, 2.75) is 71.1 Å². The van der Waals surface area contributed by atoms with Crippen molar-refractivity contribution >= 4 is 23.3 Å². The zero-order valence-corrected chi connectivity index (χ0v) is 15.9. The van der Waals surface area contributed by atoms with Crippen LogP contribution >= 0.6 is 11.3 Å². The normalized spacial score (nSPS) is 28.0. The lowest BCUT2D eigenvalue weighted by Gasteiger charge is -2.56. The van der Waals surface area contributed by atoms with Crippen LogP contribution in [0.2, 0.25) is 0 Å². The predicted molar refractivity (Wildman–Crippen MR) is 93.8 cm³/mol. The molecule has 2 aliphatic rings. The third-order valence-electron chi connectivity index (χ3n) is 4.60. The minimum atomic E-state index is -0.503. The quantitative estimate of drug-likeness (QED) is 0.851. The van der Waals surface area contributed by atoms with Gasteiger partial charge in [-0.3, -0.25) is 4.79 Å². The van der Waals surface area contributed by atoms with Gasteiger partial charge >= 0.3 is 6.09 Å². The smallest absolute Gasteiger partial charge is 0.407 e. The van der Waals surface area contributed by atoms with Gasteiger partial charge in [0.25, 0.3) is 5.91 Å². The first-order chi connectivity index (χ1) is 11.6. The van der Waals surface area contributed by atoms with Crippen molar-refractivity contribution in [2.75, 3.05) is 0 Å². The second-order valence-corrected chi connectivity index (χ2v) is 9.39. The Hall–Kier alpha value is -1.83. The number of carbonyl (C=O) groups excluding carboxylic acids is 2. The summed E-state index contributed by atoms with van der Waals surface area (Å²) in [7, 11) is 0. The van der Waals surface area contributed by atoms with Crippen LogP contribution in [0.5, 0.6) is 5.88 Å². The molecule has 3 N–H and O–H groups in total. The van der Waals surface area contributed by atoms with Crippen molar-refractivity contribution in [2.24, 2.45) is 11.1 Å². The standard InChI is InChI=1S/C17H25N3O4S/c1-9-19-14(12(25-9)13(18)21)23-10-5-17(6-10)7-11(8-17)24-15(22)20-16(2,3)4/h10-11H,5-8H2,1-4H3,(H2,18,21)(H,20,22). The Morgan fingerprint density at radius 1 is 1.24 bits per heavy atom. The Bertz CT molecular complexity index is 681. The van der Waals surface area contributed by atoms with Crippen LogP contribution in [0.4, 0.5) is 4.79 Å². The van der Waals surface area contributed by atoms with Gasteiger partial charge in [0.1, 0.15) is 12.2 Å². The molecule has 25 heavy (non-hydrogen) atoms. The van der Waals surface area contributed by atoms with Gasteiger partial charge in [0, 0.05) is 5.54 Å². The number of thiazole rings is 1. The summed E-state index contributed by atoms with van der Waals surface area (Å²) in [6.45, 7) is 7.59. The number of alkyl carbamates (subject to hydrolysis) is 1. The van der Waals surface area contributed by atoms with E-state index < -0.39 is 5.91 Å². The van der Waals surface area contributed by atoms with Gasteiger partial charge in [-0.2, -0.15) is 0 Å². The zero-order chi connectivity index (χ0) is 18.4. The molecule has 0 aliphatic heterocycles. The van der Waals surface area contributed by atoms with Crippen LogP contribution < -0.4 is 15.8 Å². The van der Waals surface area contributed by atoms with E-state index in [1.807, 2.05) is 27.7 Å². The molecular weight excluding hydrogens is 342 g/mol. The number of aromatic nitrogens is 1. The van der Waals surface area contributed by atoms with Gasteiger partial charge in [0.2, 0.25) is 5.88 Å². The molecule has 0 unspecified atom stereocenters. The van der Waals surface area contributed by atoms with E-state index in [1.54, 1.807) is 0 Å². The molecule has 8 heteroatoms. The van der Waals surface area contributed by atoms with E-state index in [-0.39, 0.29) is 29.3 Å². The maximum Gasteiger partial charge on any atom is 0.407 e. The highest BCUT2D eigenvalue weighted by Gasteiger charge is 2.55. The van der Waals surface area contributed by atoms with Crippen molar-refractivity contribution in [3.05, 3.63) is 9.88 Å². The number of nitrogens with one attached hydrogen (secondary N) is 1. The molecule has 2 amide bonds. The molecule has 0 atom stereocenters. The average molecular weight is 367 g/mol. The summed E-state index contributed by atoms with van der Waals surface area (Å²) in [5.74, 6) is -0.150. The van der Waals surface area contributed by atoms with Crippen LogP contribution in [0, 0.1) is 12.3 Å². The minimum absolute atomic E-state index is 0.0222. The van der Waals surface area contributed by atoms with Gasteiger partial charge in [-0.1, -0.05) is 0 Å². The monoisotopic (exact) mass is 367 g/mol. The number of nitrogens with two attached hydrogens (primary N) is 1. The van der Waals surface area contributed by atoms with Crippen molar-refractivity contribution in [1.29, 1.82) is 0 Å². The number of nitrogens with zero attached hydrogens (tertiary/aromatic N) is 1. The molecule has 3 rings (SSSR count). The van der Waals surface area contributed by atoms with Crippen LogP contribution in [-0.4, -0.2) is 34.7 Å². The Balaban J connectivity index is 1.44. The second-order valence-electron chi connectivity index (χ2n) is 8.19. The van der Waals surface area contributed by atoms with Gasteiger partial charge in [-0.05, 0) is 58.8 Å². The predicted octanol–water partition coefficient (Wildman–Crippen LogP) is 2.77. The number of carbonyl (C=O) groups is 2. The van der Waals surface area contributed by atoms with Crippen LogP contribution in [0.25, 0.3) is 0 Å². The molecule has 2 aliphatic carbocycles. The number of ether oxygens (including phenoxy) is 2. The maximum absolute atomic E-state index is 11.8. The van der Waals surface area contributed by atoms with Crippen LogP contribution in [0.1, 0.15) is 61.1 Å². The lowest BCUT2D eigenvalue weighted by atomic mass is 9.53. The highest BCUT2D eigenvalue weighted by Crippen LogP contribution is 2.57. The largest absolute Gasteiger partial charge is 0.473 e. The highest BCUT2D eigenvalue weighted by molar-refractivity contribution is 7.13. The number of amides is 2. The topological polar surface area (TPSA) is 104 Å². The molecule has 0 aromatic carbocycles. The molecule has 2 saturated carbocycles. The average Bonchev–Trinajstić information content (AvgIpc) is 2.72. The summed E-state index contributed by atoms with van der Waals surface area (Å²) >= 11 is 1.26. The fraction of sp³-hybridized carbons (Fsp3) is 0.706. The Kier molecular flexibility index (Phi) is 4.43. The van der Waals surface area contributed by atoms with Gasteiger partial charge in [-0.15, -0.1) is 11.3 Å². The molecule has 0 saturated heterocycles. The molecular formula is C17H25N3O4S. The van der Waals surface area contributed by atoms with Gasteiger partial charge < -0.3 is 20.5 Å². The lowest BCUT2D eigenvalue weighted by Crippen LogP contribution is -2.56. The van der Waals surface area contributed by atoms with Crippen LogP contribution in [0.3, 0.4) is 0 Å². The van der Waals surface area contributed by atoms with E-state index in [4.69, 9.17) is 15.2 Å². The summed E-state index contributed by atoms with van der Waals surface area (Å²) in [4.78, 5) is 27.8. The van der Waals surface area contributed by atoms with E-state index in [9.17, 15) is 9.59 Å². The Morgan fingerprint density at radius 2 is 1.84 bits per heavy atom. The van der Waals surface area contributed by atoms with Crippen molar-refractivity contribution < 1.29 is 19.1 Å². The molecule has 1 spiro atoms. The first kappa shape index (κ1) is 18.0. The SMILES string of the molecule is Cc1nc(OC2CC3(CC(OC(=O)NC(C)(C)C)C3)C2)c(C(N)=O)s1. The first-order valence-corrected chi connectivity index (χ1v) is 9.30. The second kappa shape index (κ2) is 6.16. The third kappa shape index (κ3) is 4.05. The molecule has 1 heterocycles. The molecule has 7 nitrogen and oxygen atoms in total. The van der Waals surface area contributed by atoms with Gasteiger partial charge in [0.15, 0.2) is 4.88 Å². The summed E-state index contributed by atoms with van der Waals surface area (Å²) in [6.07, 6.45) is 3.18. The van der Waals surface area contributed by atoms with E-state index in [2.05, 4.69) is 10.3 Å². The zero-order valence-electron chi connectivity index (χ0n) is 15.0. The Labute approximate surface area is 151 Å². The summed E-state index contributed by atoms with van der Waals surface area (Å²) in [6, 6.07) is 0. The minimum Gasteiger partial charge on any atom is -0.473 e. The third-order valence-corrected chi connectivity index (χ3v) is 5.57. The van der Waals surface area contributed by atoms with E-state index in [0.717, 1.165) is 30.7 Å². The molecule has 1 aromatic heterocycles. The molecule has 1 aromatic rings. The number of rotatable bonds is 4. The van der Waals surface area contributed by atoms with Crippen LogP contribution in [0.15, 0.2) is 0 Å². The van der Waals surface area contributed by atoms with E-state index in [1.165, 1.54) is 11.3 Å². The molecule has 0 radical (unpaired) electrons. The fourth-order valence-corrected chi connectivity index (χ4v) is 4.31. The van der Waals surface area contributed by atoms with Crippen molar-refractivity contribution in [1.82, 2.24) is 10.3 Å².